The maximum atomic E-state index is 13.5. The van der Waals surface area contributed by atoms with Crippen LogP contribution in [0.1, 0.15) is 39.5 Å². The maximum Gasteiger partial charge on any atom is 0.574 e. The third kappa shape index (κ3) is 7.37. The van der Waals surface area contributed by atoms with Gasteiger partial charge in [-0.1, -0.05) is 31.2 Å². The van der Waals surface area contributed by atoms with E-state index in [0.717, 1.165) is 24.6 Å². The van der Waals surface area contributed by atoms with Gasteiger partial charge in [0.15, 0.2) is 0 Å². The number of nitrogens with one attached hydrogen (secondary N) is 1. The molecule has 0 saturated carbocycles. The fraction of sp³-hybridized carbons (Fsp3) is 0.417. The molecule has 1 aliphatic carbocycles. The number of allylic oxidation sites excluding steroid dienone is 6. The van der Waals surface area contributed by atoms with Crippen LogP contribution in [0.4, 0.5) is 32.2 Å². The highest BCUT2D eigenvalue weighted by Gasteiger charge is 2.34. The zero-order valence-electron chi connectivity index (χ0n) is 19.1. The van der Waals surface area contributed by atoms with Gasteiger partial charge in [0.1, 0.15) is 23.9 Å². The second kappa shape index (κ2) is 11.0. The van der Waals surface area contributed by atoms with E-state index in [0.29, 0.717) is 30.0 Å². The highest BCUT2D eigenvalue weighted by molar-refractivity contribution is 6.05. The lowest BCUT2D eigenvalue weighted by molar-refractivity contribution is -0.276. The van der Waals surface area contributed by atoms with E-state index >= 15 is 0 Å². The highest BCUT2D eigenvalue weighted by Crippen LogP contribution is 2.34. The average molecular weight is 501 g/mol. The van der Waals surface area contributed by atoms with Crippen molar-refractivity contribution in [2.75, 3.05) is 11.9 Å². The van der Waals surface area contributed by atoms with Gasteiger partial charge in [0.2, 0.25) is 5.88 Å². The summed E-state index contributed by atoms with van der Waals surface area (Å²) in [6.45, 7) is 3.31. The SMILES string of the molecule is C\C=C/C(=C\C(=C\CC)C(F)(F)F)C1=NC2=C(CCCC2Nc2cccc(OC(F)(F)F)n2)OC1. The van der Waals surface area contributed by atoms with Gasteiger partial charge in [-0.15, -0.1) is 13.2 Å². The molecule has 0 radical (unpaired) electrons. The Morgan fingerprint density at radius 3 is 2.66 bits per heavy atom. The molecule has 0 bridgehead atoms. The standard InChI is InChI=1S/C24H25F6N3O2/c1-3-7-15(13-16(8-4-2)23(25,26)27)18-14-34-19-10-5-9-17(22(19)32-18)31-20-11-6-12-21(33-20)35-24(28,29)30/h3,6-8,11-13,17H,4-5,9-10,14H2,1-2H3,(H,31,33)/b7-3-,15-13+,16-8-. The Morgan fingerprint density at radius 2 is 2.00 bits per heavy atom. The smallest absolute Gasteiger partial charge is 0.490 e. The summed E-state index contributed by atoms with van der Waals surface area (Å²) in [5, 5.41) is 3.05. The molecule has 35 heavy (non-hydrogen) atoms. The van der Waals surface area contributed by atoms with E-state index in [4.69, 9.17) is 4.74 Å². The minimum Gasteiger partial charge on any atom is -0.490 e. The number of hydrogen-bond donors (Lipinski definition) is 1. The van der Waals surface area contributed by atoms with E-state index < -0.39 is 30.0 Å². The lowest BCUT2D eigenvalue weighted by atomic mass is 9.95. The Morgan fingerprint density at radius 1 is 1.23 bits per heavy atom. The fourth-order valence-electron chi connectivity index (χ4n) is 3.73. The number of aliphatic imine (C=N–C) groups is 1. The summed E-state index contributed by atoms with van der Waals surface area (Å²) in [6.07, 6.45) is -1.98. The lowest BCUT2D eigenvalue weighted by Gasteiger charge is -2.31. The molecular weight excluding hydrogens is 476 g/mol. The number of aromatic nitrogens is 1. The predicted molar refractivity (Wildman–Crippen MR) is 120 cm³/mol. The zero-order chi connectivity index (χ0) is 25.6. The van der Waals surface area contributed by atoms with Crippen LogP contribution >= 0.6 is 0 Å². The number of halogens is 6. The van der Waals surface area contributed by atoms with Crippen LogP contribution in [-0.2, 0) is 4.74 Å². The Labute approximate surface area is 198 Å². The molecule has 1 aromatic rings. The topological polar surface area (TPSA) is 55.7 Å². The molecule has 0 amide bonds. The van der Waals surface area contributed by atoms with Crippen LogP contribution in [0.15, 0.2) is 70.1 Å². The number of pyridine rings is 1. The van der Waals surface area contributed by atoms with E-state index in [1.165, 1.54) is 18.2 Å². The van der Waals surface area contributed by atoms with Crippen molar-refractivity contribution in [2.24, 2.45) is 4.99 Å². The molecule has 0 spiro atoms. The van der Waals surface area contributed by atoms with Gasteiger partial charge in [-0.3, -0.25) is 0 Å². The van der Waals surface area contributed by atoms with Crippen molar-refractivity contribution in [1.29, 1.82) is 0 Å². The Kier molecular flexibility index (Phi) is 8.29. The molecule has 1 aromatic heterocycles. The summed E-state index contributed by atoms with van der Waals surface area (Å²) in [4.78, 5) is 8.47. The summed E-state index contributed by atoms with van der Waals surface area (Å²) < 4.78 is 87.7. The van der Waals surface area contributed by atoms with Gasteiger partial charge in [0.25, 0.3) is 0 Å². The van der Waals surface area contributed by atoms with E-state index in [-0.39, 0.29) is 24.4 Å². The van der Waals surface area contributed by atoms with Crippen LogP contribution < -0.4 is 10.1 Å². The summed E-state index contributed by atoms with van der Waals surface area (Å²) in [5.74, 6) is 0.125. The van der Waals surface area contributed by atoms with Gasteiger partial charge in [0.05, 0.1) is 17.3 Å². The number of nitrogens with zero attached hydrogens (tertiary/aromatic N) is 2. The molecule has 2 heterocycles. The molecule has 1 atom stereocenters. The second-order valence-corrected chi connectivity index (χ2v) is 7.82. The van der Waals surface area contributed by atoms with Crippen LogP contribution in [0.25, 0.3) is 0 Å². The van der Waals surface area contributed by atoms with Gasteiger partial charge in [-0.05, 0) is 43.9 Å². The molecule has 0 fully saturated rings. The number of hydrogen-bond acceptors (Lipinski definition) is 5. The van der Waals surface area contributed by atoms with E-state index in [1.54, 1.807) is 19.9 Å². The van der Waals surface area contributed by atoms with Gasteiger partial charge in [0, 0.05) is 12.5 Å². The molecule has 0 saturated heterocycles. The van der Waals surface area contributed by atoms with E-state index in [1.807, 2.05) is 0 Å². The molecule has 1 N–H and O–H groups in total. The summed E-state index contributed by atoms with van der Waals surface area (Å²) in [7, 11) is 0. The van der Waals surface area contributed by atoms with Crippen LogP contribution in [0.3, 0.4) is 0 Å². The van der Waals surface area contributed by atoms with Crippen molar-refractivity contribution in [2.45, 2.75) is 58.1 Å². The Hall–Kier alpha value is -3.24. The lowest BCUT2D eigenvalue weighted by Crippen LogP contribution is -2.31. The molecule has 2 aliphatic rings. The molecule has 0 aromatic carbocycles. The first kappa shape index (κ1) is 26.4. The van der Waals surface area contributed by atoms with Crippen molar-refractivity contribution in [3.8, 4) is 5.88 Å². The monoisotopic (exact) mass is 501 g/mol. The van der Waals surface area contributed by atoms with Crippen LogP contribution in [0, 0.1) is 0 Å². The van der Waals surface area contributed by atoms with Crippen LogP contribution in [0.5, 0.6) is 5.88 Å². The minimum atomic E-state index is -4.88. The first-order valence-electron chi connectivity index (χ1n) is 11.0. The summed E-state index contributed by atoms with van der Waals surface area (Å²) in [5.41, 5.74) is 0.299. The van der Waals surface area contributed by atoms with Gasteiger partial charge < -0.3 is 14.8 Å². The first-order chi connectivity index (χ1) is 16.5. The van der Waals surface area contributed by atoms with Crippen molar-refractivity contribution < 1.29 is 35.8 Å². The third-order valence-electron chi connectivity index (χ3n) is 5.16. The second-order valence-electron chi connectivity index (χ2n) is 7.82. The molecule has 5 nitrogen and oxygen atoms in total. The van der Waals surface area contributed by atoms with Gasteiger partial charge >= 0.3 is 12.5 Å². The van der Waals surface area contributed by atoms with Crippen molar-refractivity contribution >= 4 is 11.5 Å². The summed E-state index contributed by atoms with van der Waals surface area (Å²) >= 11 is 0. The number of rotatable bonds is 7. The zero-order valence-corrected chi connectivity index (χ0v) is 19.1. The van der Waals surface area contributed by atoms with E-state index in [9.17, 15) is 26.3 Å². The van der Waals surface area contributed by atoms with Gasteiger partial charge in [-0.25, -0.2) is 4.99 Å². The molecule has 3 rings (SSSR count). The van der Waals surface area contributed by atoms with Crippen molar-refractivity contribution in [3.63, 3.8) is 0 Å². The summed E-state index contributed by atoms with van der Waals surface area (Å²) in [6, 6.07) is 3.48. The quantitative estimate of drug-likeness (QED) is 0.322. The molecule has 11 heteroatoms. The first-order valence-corrected chi connectivity index (χ1v) is 11.0. The van der Waals surface area contributed by atoms with Crippen LogP contribution in [-0.4, -0.2) is 35.9 Å². The predicted octanol–water partition coefficient (Wildman–Crippen LogP) is 7.03. The normalized spacial score (nSPS) is 19.9. The Bertz CT molecular complexity index is 1070. The number of anilines is 1. The maximum absolute atomic E-state index is 13.5. The third-order valence-corrected chi connectivity index (χ3v) is 5.16. The molecule has 190 valence electrons. The largest absolute Gasteiger partial charge is 0.574 e. The minimum absolute atomic E-state index is 0.00610. The Balaban J connectivity index is 1.92. The number of alkyl halides is 6. The van der Waals surface area contributed by atoms with Crippen LogP contribution in [0.2, 0.25) is 0 Å². The molecule has 1 unspecified atom stereocenters. The van der Waals surface area contributed by atoms with Crippen molar-refractivity contribution in [1.82, 2.24) is 4.98 Å². The average Bonchev–Trinajstić information content (AvgIpc) is 2.77. The molecule has 1 aliphatic heterocycles. The fourth-order valence-corrected chi connectivity index (χ4v) is 3.73. The highest BCUT2D eigenvalue weighted by atomic mass is 19.4. The molecular formula is C24H25F6N3O2. The van der Waals surface area contributed by atoms with Gasteiger partial charge in [-0.2, -0.15) is 18.2 Å². The number of ether oxygens (including phenoxy) is 2. The van der Waals surface area contributed by atoms with Crippen molar-refractivity contribution in [3.05, 3.63) is 65.1 Å². The van der Waals surface area contributed by atoms with E-state index in [2.05, 4.69) is 20.0 Å².